The zero-order chi connectivity index (χ0) is 28.9. The molecule has 39 heavy (non-hydrogen) atoms. The second-order valence-electron chi connectivity index (χ2n) is 9.77. The van der Waals surface area contributed by atoms with Crippen LogP contribution in [0, 0.1) is 13.8 Å². The average molecular weight is 591 g/mol. The fourth-order valence-electron chi connectivity index (χ4n) is 3.88. The van der Waals surface area contributed by atoms with Crippen molar-refractivity contribution in [1.29, 1.82) is 0 Å². The highest BCUT2D eigenvalue weighted by Crippen LogP contribution is 2.31. The zero-order valence-electron chi connectivity index (χ0n) is 22.6. The Kier molecular flexibility index (Phi) is 10.0. The Hall–Kier alpha value is -3.07. The van der Waals surface area contributed by atoms with Crippen molar-refractivity contribution in [2.75, 3.05) is 10.8 Å². The van der Waals surface area contributed by atoms with E-state index in [1.165, 1.54) is 35.2 Å². The van der Waals surface area contributed by atoms with Crippen molar-refractivity contribution in [2.45, 2.75) is 58.1 Å². The first kappa shape index (κ1) is 30.5. The number of carbonyl (C=O) groups excluding carboxylic acids is 2. The van der Waals surface area contributed by atoms with Gasteiger partial charge in [0, 0.05) is 12.6 Å². The summed E-state index contributed by atoms with van der Waals surface area (Å²) in [7, 11) is -4.19. The molecule has 0 aromatic heterocycles. The lowest BCUT2D eigenvalue weighted by Crippen LogP contribution is -2.52. The average Bonchev–Trinajstić information content (AvgIpc) is 2.88. The second-order valence-corrected chi connectivity index (χ2v) is 12.4. The van der Waals surface area contributed by atoms with Gasteiger partial charge in [0.15, 0.2) is 0 Å². The van der Waals surface area contributed by atoms with Crippen LogP contribution in [-0.4, -0.2) is 43.8 Å². The monoisotopic (exact) mass is 589 g/mol. The largest absolute Gasteiger partial charge is 0.352 e. The highest BCUT2D eigenvalue weighted by molar-refractivity contribution is 7.92. The van der Waals surface area contributed by atoms with E-state index < -0.39 is 28.5 Å². The van der Waals surface area contributed by atoms with Crippen molar-refractivity contribution in [1.82, 2.24) is 10.2 Å². The number of hydrogen-bond donors (Lipinski definition) is 1. The Morgan fingerprint density at radius 2 is 1.41 bits per heavy atom. The smallest absolute Gasteiger partial charge is 0.264 e. The SMILES string of the molecule is Cc1ccc(CN(C(=O)CN(c2ccc(Cl)c(Cl)c2)S(=O)(=O)c2ccc(C)cc2)C(C)C(=O)NC(C)C)cc1. The maximum absolute atomic E-state index is 13.9. The number of aryl methyl sites for hydroxylation is 2. The first-order chi connectivity index (χ1) is 18.3. The quantitative estimate of drug-likeness (QED) is 0.326. The van der Waals surface area contributed by atoms with Gasteiger partial charge >= 0.3 is 0 Å². The van der Waals surface area contributed by atoms with E-state index in [9.17, 15) is 18.0 Å². The molecular formula is C29H33Cl2N3O4S. The summed E-state index contributed by atoms with van der Waals surface area (Å²) < 4.78 is 28.7. The molecule has 3 rings (SSSR count). The number of halogens is 2. The van der Waals surface area contributed by atoms with E-state index in [-0.39, 0.29) is 39.1 Å². The first-order valence-electron chi connectivity index (χ1n) is 12.5. The van der Waals surface area contributed by atoms with Gasteiger partial charge in [-0.1, -0.05) is 70.7 Å². The minimum absolute atomic E-state index is 0.0163. The molecule has 10 heteroatoms. The van der Waals surface area contributed by atoms with E-state index in [0.29, 0.717) is 0 Å². The van der Waals surface area contributed by atoms with E-state index >= 15 is 0 Å². The lowest BCUT2D eigenvalue weighted by atomic mass is 10.1. The summed E-state index contributed by atoms with van der Waals surface area (Å²) in [5, 5.41) is 3.23. The van der Waals surface area contributed by atoms with Gasteiger partial charge in [0.05, 0.1) is 20.6 Å². The second kappa shape index (κ2) is 12.9. The maximum Gasteiger partial charge on any atom is 0.264 e. The minimum Gasteiger partial charge on any atom is -0.352 e. The first-order valence-corrected chi connectivity index (χ1v) is 14.7. The van der Waals surface area contributed by atoms with E-state index in [2.05, 4.69) is 5.32 Å². The van der Waals surface area contributed by atoms with E-state index in [1.807, 2.05) is 52.0 Å². The normalized spacial score (nSPS) is 12.2. The topological polar surface area (TPSA) is 86.8 Å². The van der Waals surface area contributed by atoms with Crippen molar-refractivity contribution < 1.29 is 18.0 Å². The van der Waals surface area contributed by atoms with Gasteiger partial charge in [0.2, 0.25) is 11.8 Å². The van der Waals surface area contributed by atoms with E-state index in [4.69, 9.17) is 23.2 Å². The van der Waals surface area contributed by atoms with Crippen molar-refractivity contribution in [3.8, 4) is 0 Å². The fraction of sp³-hybridized carbons (Fsp3) is 0.310. The predicted octanol–water partition coefficient (Wildman–Crippen LogP) is 5.75. The van der Waals surface area contributed by atoms with Crippen LogP contribution in [0.3, 0.4) is 0 Å². The number of hydrogen-bond acceptors (Lipinski definition) is 4. The van der Waals surface area contributed by atoms with Crippen molar-refractivity contribution in [3.05, 3.63) is 93.5 Å². The molecule has 7 nitrogen and oxygen atoms in total. The summed E-state index contributed by atoms with van der Waals surface area (Å²) in [5.41, 5.74) is 2.92. The third-order valence-electron chi connectivity index (χ3n) is 6.15. The summed E-state index contributed by atoms with van der Waals surface area (Å²) in [6, 6.07) is 17.3. The fourth-order valence-corrected chi connectivity index (χ4v) is 5.58. The number of anilines is 1. The molecule has 208 valence electrons. The lowest BCUT2D eigenvalue weighted by Gasteiger charge is -2.32. The molecule has 0 radical (unpaired) electrons. The van der Waals surface area contributed by atoms with Gasteiger partial charge < -0.3 is 10.2 Å². The van der Waals surface area contributed by atoms with Gasteiger partial charge in [-0.15, -0.1) is 0 Å². The molecule has 0 heterocycles. The van der Waals surface area contributed by atoms with Crippen molar-refractivity contribution >= 4 is 50.7 Å². The molecule has 0 fully saturated rings. The summed E-state index contributed by atoms with van der Waals surface area (Å²) in [6.45, 7) is 8.65. The highest BCUT2D eigenvalue weighted by atomic mass is 35.5. The van der Waals surface area contributed by atoms with Crippen LogP contribution in [0.4, 0.5) is 5.69 Å². The summed E-state index contributed by atoms with van der Waals surface area (Å²) in [6.07, 6.45) is 0. The number of carbonyl (C=O) groups is 2. The molecule has 3 aromatic carbocycles. The number of nitrogens with zero attached hydrogens (tertiary/aromatic N) is 2. The van der Waals surface area contributed by atoms with Gasteiger partial charge in [0.1, 0.15) is 12.6 Å². The van der Waals surface area contributed by atoms with Gasteiger partial charge in [0.25, 0.3) is 10.0 Å². The van der Waals surface area contributed by atoms with Crippen LogP contribution in [0.5, 0.6) is 0 Å². The van der Waals surface area contributed by atoms with E-state index in [0.717, 1.165) is 21.0 Å². The number of sulfonamides is 1. The third-order valence-corrected chi connectivity index (χ3v) is 8.68. The van der Waals surface area contributed by atoms with Crippen molar-refractivity contribution in [3.63, 3.8) is 0 Å². The van der Waals surface area contributed by atoms with Gasteiger partial charge in [-0.2, -0.15) is 0 Å². The Labute approximate surface area is 240 Å². The molecule has 0 spiro atoms. The summed E-state index contributed by atoms with van der Waals surface area (Å²) in [5.74, 6) is -0.892. The summed E-state index contributed by atoms with van der Waals surface area (Å²) in [4.78, 5) is 28.3. The maximum atomic E-state index is 13.9. The molecule has 3 aromatic rings. The number of amides is 2. The molecule has 1 N–H and O–H groups in total. The molecule has 1 atom stereocenters. The highest BCUT2D eigenvalue weighted by Gasteiger charge is 2.33. The minimum atomic E-state index is -4.19. The standard InChI is InChI=1S/C29H33Cl2N3O4S/c1-19(2)32-29(36)22(5)33(17-23-10-6-20(3)7-11-23)28(35)18-34(24-12-15-26(30)27(31)16-24)39(37,38)25-13-8-21(4)9-14-25/h6-16,19,22H,17-18H2,1-5H3,(H,32,36). The lowest BCUT2D eigenvalue weighted by molar-refractivity contribution is -0.139. The predicted molar refractivity (Wildman–Crippen MR) is 157 cm³/mol. The number of nitrogens with one attached hydrogen (secondary N) is 1. The Morgan fingerprint density at radius 1 is 0.846 bits per heavy atom. The molecule has 0 bridgehead atoms. The van der Waals surface area contributed by atoms with Crippen LogP contribution in [0.15, 0.2) is 71.6 Å². The zero-order valence-corrected chi connectivity index (χ0v) is 24.9. The van der Waals surface area contributed by atoms with Crippen LogP contribution in [0.2, 0.25) is 10.0 Å². The molecule has 0 aliphatic carbocycles. The van der Waals surface area contributed by atoms with Gasteiger partial charge in [-0.3, -0.25) is 13.9 Å². The van der Waals surface area contributed by atoms with Crippen LogP contribution in [-0.2, 0) is 26.2 Å². The van der Waals surface area contributed by atoms with Crippen LogP contribution < -0.4 is 9.62 Å². The molecule has 0 saturated carbocycles. The molecule has 0 aliphatic heterocycles. The molecule has 0 saturated heterocycles. The molecule has 1 unspecified atom stereocenters. The summed E-state index contributed by atoms with van der Waals surface area (Å²) >= 11 is 12.3. The molecule has 0 aliphatic rings. The van der Waals surface area contributed by atoms with Gasteiger partial charge in [-0.05, 0) is 70.5 Å². The Bertz CT molecular complexity index is 1430. The number of benzene rings is 3. The van der Waals surface area contributed by atoms with Crippen molar-refractivity contribution in [2.24, 2.45) is 0 Å². The third kappa shape index (κ3) is 7.75. The van der Waals surface area contributed by atoms with Crippen LogP contribution >= 0.6 is 23.2 Å². The van der Waals surface area contributed by atoms with E-state index in [1.54, 1.807) is 19.1 Å². The van der Waals surface area contributed by atoms with Gasteiger partial charge in [-0.25, -0.2) is 8.42 Å². The molecular weight excluding hydrogens is 557 g/mol. The van der Waals surface area contributed by atoms with Crippen LogP contribution in [0.25, 0.3) is 0 Å². The molecule has 2 amide bonds. The van der Waals surface area contributed by atoms with Crippen LogP contribution in [0.1, 0.15) is 37.5 Å². The Morgan fingerprint density at radius 3 is 1.95 bits per heavy atom. The number of rotatable bonds is 10. The Balaban J connectivity index is 2.05.